The molecule has 6 heterocycles. The number of fused-ring (bicyclic) bond motifs is 2. The molecular formula is C41H33F2N9O4. The maximum absolute atomic E-state index is 14.7. The van der Waals surface area contributed by atoms with Crippen LogP contribution in [0.1, 0.15) is 34.5 Å². The van der Waals surface area contributed by atoms with Gasteiger partial charge < -0.3 is 14.2 Å². The van der Waals surface area contributed by atoms with Gasteiger partial charge >= 0.3 is 5.97 Å². The molecular weight excluding hydrogens is 721 g/mol. The molecule has 0 atom stereocenters. The minimum Gasteiger partial charge on any atom is -0.478 e. The lowest BCUT2D eigenvalue weighted by Gasteiger charge is -2.11. The Morgan fingerprint density at radius 1 is 0.732 bits per heavy atom. The standard InChI is InChI=1S/C20H14FN5O.C20H15FN4O3.CH4/c1-25-8-6-18(24-25)13-4-5-14(17(21)9-13)11-26-12-15(10-22)19-16(20(26)27)3-2-7-23-19;1-24-8-6-17(23-24)12-4-5-13(16(21)9-12)10-25-11-15(20(27)28)18-14(19(25)26)3-2-7-22-18;/h2-9,12H,11H2,1H3;2-9,11H,10H2,1H3,(H,27,28);1H4. The third-order valence-corrected chi connectivity index (χ3v) is 8.84. The second-order valence-electron chi connectivity index (χ2n) is 12.5. The van der Waals surface area contributed by atoms with E-state index < -0.39 is 23.2 Å². The Bertz CT molecular complexity index is 2940. The molecule has 0 aliphatic carbocycles. The van der Waals surface area contributed by atoms with Crippen molar-refractivity contribution in [2.45, 2.75) is 20.5 Å². The number of aromatic carboxylic acids is 1. The van der Waals surface area contributed by atoms with Gasteiger partial charge in [0.1, 0.15) is 23.3 Å². The average Bonchev–Trinajstić information content (AvgIpc) is 3.83. The van der Waals surface area contributed by atoms with Gasteiger partial charge in [-0.15, -0.1) is 0 Å². The molecule has 1 N–H and O–H groups in total. The predicted molar refractivity (Wildman–Crippen MR) is 206 cm³/mol. The first-order chi connectivity index (χ1) is 26.5. The van der Waals surface area contributed by atoms with E-state index in [1.54, 1.807) is 90.4 Å². The molecule has 0 saturated heterocycles. The lowest BCUT2D eigenvalue weighted by molar-refractivity contribution is 0.0697. The van der Waals surface area contributed by atoms with Crippen molar-refractivity contribution in [2.75, 3.05) is 0 Å². The molecule has 0 unspecified atom stereocenters. The Kier molecular flexibility index (Phi) is 10.8. The lowest BCUT2D eigenvalue weighted by atomic mass is 10.1. The van der Waals surface area contributed by atoms with Crippen molar-refractivity contribution in [3.05, 3.63) is 165 Å². The topological polar surface area (TPSA) is 167 Å². The molecule has 8 rings (SSSR count). The maximum Gasteiger partial charge on any atom is 0.339 e. The Hall–Kier alpha value is -7.60. The van der Waals surface area contributed by atoms with Crippen LogP contribution in [0.3, 0.4) is 0 Å². The first kappa shape index (κ1) is 38.1. The van der Waals surface area contributed by atoms with Crippen molar-refractivity contribution in [3.8, 4) is 28.6 Å². The minimum absolute atomic E-state index is 0. The minimum atomic E-state index is -1.21. The number of benzene rings is 2. The zero-order valence-electron chi connectivity index (χ0n) is 29.3. The summed E-state index contributed by atoms with van der Waals surface area (Å²) in [5, 5.41) is 27.8. The summed E-state index contributed by atoms with van der Waals surface area (Å²) in [5.41, 5.74) is 3.08. The van der Waals surface area contributed by atoms with Crippen molar-refractivity contribution in [3.63, 3.8) is 0 Å². The fourth-order valence-electron chi connectivity index (χ4n) is 6.09. The fraction of sp³-hybridized carbons (Fsp3) is 0.122. The average molecular weight is 754 g/mol. The molecule has 280 valence electrons. The third kappa shape index (κ3) is 7.57. The molecule has 0 spiro atoms. The zero-order valence-corrected chi connectivity index (χ0v) is 29.3. The van der Waals surface area contributed by atoms with Gasteiger partial charge in [-0.3, -0.25) is 28.9 Å². The van der Waals surface area contributed by atoms with Crippen LogP contribution in [0.5, 0.6) is 0 Å². The molecule has 6 aromatic heterocycles. The van der Waals surface area contributed by atoms with Crippen LogP contribution in [-0.4, -0.2) is 49.7 Å². The normalized spacial score (nSPS) is 10.8. The highest BCUT2D eigenvalue weighted by molar-refractivity contribution is 6.01. The molecule has 15 heteroatoms. The summed E-state index contributed by atoms with van der Waals surface area (Å²) in [6, 6.07) is 21.4. The summed E-state index contributed by atoms with van der Waals surface area (Å²) in [6.45, 7) is -0.0784. The molecule has 0 bridgehead atoms. The number of carboxylic acid groups (broad SMARTS) is 1. The van der Waals surface area contributed by atoms with Gasteiger partial charge in [-0.1, -0.05) is 31.7 Å². The van der Waals surface area contributed by atoms with Gasteiger partial charge in [0.05, 0.1) is 51.8 Å². The highest BCUT2D eigenvalue weighted by Crippen LogP contribution is 2.23. The number of nitrogens with zero attached hydrogens (tertiary/aromatic N) is 9. The Morgan fingerprint density at radius 2 is 1.21 bits per heavy atom. The van der Waals surface area contributed by atoms with Crippen LogP contribution in [0.4, 0.5) is 8.78 Å². The molecule has 0 aliphatic rings. The van der Waals surface area contributed by atoms with Gasteiger partial charge in [-0.25, -0.2) is 13.6 Å². The van der Waals surface area contributed by atoms with Crippen LogP contribution in [0.2, 0.25) is 0 Å². The van der Waals surface area contributed by atoms with Crippen LogP contribution >= 0.6 is 0 Å². The summed E-state index contributed by atoms with van der Waals surface area (Å²) in [6.07, 6.45) is 9.12. The lowest BCUT2D eigenvalue weighted by Crippen LogP contribution is -2.23. The van der Waals surface area contributed by atoms with E-state index in [1.165, 1.54) is 52.1 Å². The molecule has 0 amide bonds. The molecule has 2 aromatic carbocycles. The van der Waals surface area contributed by atoms with Crippen LogP contribution in [0.15, 0.2) is 120 Å². The number of carboxylic acids is 1. The predicted octanol–water partition coefficient (Wildman–Crippen LogP) is 6.17. The van der Waals surface area contributed by atoms with Gasteiger partial charge in [0, 0.05) is 73.5 Å². The van der Waals surface area contributed by atoms with Crippen LogP contribution < -0.4 is 11.1 Å². The quantitative estimate of drug-likeness (QED) is 0.200. The molecule has 56 heavy (non-hydrogen) atoms. The second kappa shape index (κ2) is 15.8. The number of carbonyl (C=O) groups is 1. The van der Waals surface area contributed by atoms with Crippen molar-refractivity contribution in [2.24, 2.45) is 14.1 Å². The smallest absolute Gasteiger partial charge is 0.339 e. The van der Waals surface area contributed by atoms with Gasteiger partial charge in [-0.2, -0.15) is 15.5 Å². The van der Waals surface area contributed by atoms with Crippen molar-refractivity contribution >= 4 is 27.8 Å². The van der Waals surface area contributed by atoms with E-state index >= 15 is 0 Å². The number of aryl methyl sites for hydroxylation is 2. The Labute approximate surface area is 317 Å². The first-order valence-corrected chi connectivity index (χ1v) is 16.7. The number of halogens is 2. The Morgan fingerprint density at radius 3 is 1.66 bits per heavy atom. The summed E-state index contributed by atoms with van der Waals surface area (Å²) in [4.78, 5) is 45.1. The number of nitriles is 1. The van der Waals surface area contributed by atoms with Gasteiger partial charge in [0.15, 0.2) is 0 Å². The van der Waals surface area contributed by atoms with Crippen LogP contribution in [0.25, 0.3) is 44.3 Å². The van der Waals surface area contributed by atoms with Crippen LogP contribution in [-0.2, 0) is 27.2 Å². The van der Waals surface area contributed by atoms with E-state index in [0.717, 1.165) is 0 Å². The molecule has 0 fully saturated rings. The van der Waals surface area contributed by atoms with E-state index in [-0.39, 0.29) is 53.7 Å². The van der Waals surface area contributed by atoms with E-state index in [9.17, 15) is 33.5 Å². The number of pyridine rings is 4. The fourth-order valence-corrected chi connectivity index (χ4v) is 6.09. The van der Waals surface area contributed by atoms with Crippen molar-refractivity contribution in [1.82, 2.24) is 38.7 Å². The molecule has 0 saturated carbocycles. The SMILES string of the molecule is C.Cn1ccc(-c2ccc(Cn3cc(C#N)c4ncccc4c3=O)c(F)c2)n1.Cn1ccc(-c2ccc(Cn3cc(C(=O)O)c4ncccc4c3=O)c(F)c2)n1. The van der Waals surface area contributed by atoms with E-state index in [4.69, 9.17) is 0 Å². The van der Waals surface area contributed by atoms with E-state index in [1.807, 2.05) is 6.07 Å². The molecule has 13 nitrogen and oxygen atoms in total. The summed E-state index contributed by atoms with van der Waals surface area (Å²) in [5.74, 6) is -2.14. The largest absolute Gasteiger partial charge is 0.478 e. The van der Waals surface area contributed by atoms with E-state index in [0.29, 0.717) is 39.0 Å². The molecule has 0 radical (unpaired) electrons. The highest BCUT2D eigenvalue weighted by atomic mass is 19.1. The summed E-state index contributed by atoms with van der Waals surface area (Å²) < 4.78 is 35.1. The number of aromatic nitrogens is 8. The highest BCUT2D eigenvalue weighted by Gasteiger charge is 2.17. The van der Waals surface area contributed by atoms with E-state index in [2.05, 4.69) is 20.2 Å². The zero-order chi connectivity index (χ0) is 38.8. The first-order valence-electron chi connectivity index (χ1n) is 16.7. The summed E-state index contributed by atoms with van der Waals surface area (Å²) >= 11 is 0. The second-order valence-corrected chi connectivity index (χ2v) is 12.5. The number of rotatable bonds is 7. The molecule has 0 aliphatic heterocycles. The van der Waals surface area contributed by atoms with Gasteiger partial charge in [-0.05, 0) is 48.5 Å². The number of hydrogen-bond donors (Lipinski definition) is 1. The van der Waals surface area contributed by atoms with Gasteiger partial charge in [0.2, 0.25) is 0 Å². The van der Waals surface area contributed by atoms with Crippen molar-refractivity contribution in [1.29, 1.82) is 5.26 Å². The Balaban J connectivity index is 0.000000187. The monoisotopic (exact) mass is 753 g/mol. The maximum atomic E-state index is 14.7. The third-order valence-electron chi connectivity index (χ3n) is 8.84. The summed E-state index contributed by atoms with van der Waals surface area (Å²) in [7, 11) is 3.57. The number of hydrogen-bond acceptors (Lipinski definition) is 8. The van der Waals surface area contributed by atoms with Crippen LogP contribution in [0, 0.1) is 23.0 Å². The molecule has 8 aromatic rings. The van der Waals surface area contributed by atoms with Crippen molar-refractivity contribution < 1.29 is 18.7 Å². The van der Waals surface area contributed by atoms with Gasteiger partial charge in [0.25, 0.3) is 11.1 Å².